The molecule has 1 amide bonds. The highest BCUT2D eigenvalue weighted by molar-refractivity contribution is 5.77. The lowest BCUT2D eigenvalue weighted by Gasteiger charge is -2.21. The van der Waals surface area contributed by atoms with Crippen LogP contribution in [0.15, 0.2) is 0 Å². The van der Waals surface area contributed by atoms with Crippen molar-refractivity contribution in [2.45, 2.75) is 32.6 Å². The number of unbranched alkanes of at least 4 members (excludes halogenated alkanes) is 1. The van der Waals surface area contributed by atoms with Crippen LogP contribution < -0.4 is 0 Å². The first-order valence-corrected chi connectivity index (χ1v) is 6.30. The van der Waals surface area contributed by atoms with Gasteiger partial charge in [0, 0.05) is 19.5 Å². The molecule has 0 aliphatic carbocycles. The molecule has 0 aromatic carbocycles. The summed E-state index contributed by atoms with van der Waals surface area (Å²) in [5.41, 5.74) is 0. The van der Waals surface area contributed by atoms with E-state index in [1.54, 1.807) is 0 Å². The van der Waals surface area contributed by atoms with Crippen LogP contribution in [0, 0.1) is 0 Å². The maximum Gasteiger partial charge on any atom is 0.305 e. The predicted octanol–water partition coefficient (Wildman–Crippen LogP) is 0.489. The zero-order chi connectivity index (χ0) is 13.8. The molecule has 0 saturated carbocycles. The molecule has 0 unspecified atom stereocenters. The molecule has 0 aliphatic rings. The van der Waals surface area contributed by atoms with Gasteiger partial charge in [0.25, 0.3) is 0 Å². The highest BCUT2D eigenvalue weighted by Gasteiger charge is 2.13. The van der Waals surface area contributed by atoms with Gasteiger partial charge in [-0.2, -0.15) is 0 Å². The number of ether oxygens (including phenoxy) is 1. The van der Waals surface area contributed by atoms with E-state index < -0.39 is 5.97 Å². The van der Waals surface area contributed by atoms with Crippen molar-refractivity contribution in [1.82, 2.24) is 4.90 Å². The molecule has 0 bridgehead atoms. The summed E-state index contributed by atoms with van der Waals surface area (Å²) in [6.07, 6.45) is 2.12. The van der Waals surface area contributed by atoms with Crippen LogP contribution in [0.3, 0.4) is 0 Å². The topological polar surface area (TPSA) is 87.1 Å². The van der Waals surface area contributed by atoms with Crippen LogP contribution in [0.25, 0.3) is 0 Å². The fraction of sp³-hybridized carbons (Fsp3) is 0.833. The third-order valence-corrected chi connectivity index (χ3v) is 2.43. The molecule has 6 heteroatoms. The summed E-state index contributed by atoms with van der Waals surface area (Å²) in [4.78, 5) is 23.8. The summed E-state index contributed by atoms with van der Waals surface area (Å²) in [6, 6.07) is 0. The quantitative estimate of drug-likeness (QED) is 0.528. The Morgan fingerprint density at radius 2 is 1.89 bits per heavy atom. The van der Waals surface area contributed by atoms with Gasteiger partial charge in [-0.05, 0) is 6.42 Å². The zero-order valence-corrected chi connectivity index (χ0v) is 10.9. The maximum absolute atomic E-state index is 11.8. The summed E-state index contributed by atoms with van der Waals surface area (Å²) >= 11 is 0. The van der Waals surface area contributed by atoms with E-state index in [1.165, 1.54) is 4.90 Å². The zero-order valence-electron chi connectivity index (χ0n) is 10.9. The van der Waals surface area contributed by atoms with Gasteiger partial charge < -0.3 is 19.8 Å². The van der Waals surface area contributed by atoms with Crippen molar-refractivity contribution in [3.63, 3.8) is 0 Å². The molecule has 0 aromatic rings. The van der Waals surface area contributed by atoms with Crippen molar-refractivity contribution < 1.29 is 24.5 Å². The summed E-state index contributed by atoms with van der Waals surface area (Å²) in [5.74, 6) is -0.953. The second-order valence-corrected chi connectivity index (χ2v) is 3.96. The molecule has 0 heterocycles. The van der Waals surface area contributed by atoms with Crippen LogP contribution >= 0.6 is 0 Å². The van der Waals surface area contributed by atoms with Crippen molar-refractivity contribution >= 4 is 11.9 Å². The Balaban J connectivity index is 4.05. The third kappa shape index (κ3) is 8.95. The predicted molar refractivity (Wildman–Crippen MR) is 66.3 cm³/mol. The minimum atomic E-state index is -0.917. The smallest absolute Gasteiger partial charge is 0.305 e. The molecule has 0 rings (SSSR count). The molecule has 0 fully saturated rings. The van der Waals surface area contributed by atoms with Crippen molar-refractivity contribution in [3.05, 3.63) is 0 Å². The molecular weight excluding hydrogens is 238 g/mol. The van der Waals surface area contributed by atoms with Crippen molar-refractivity contribution in [2.24, 2.45) is 0 Å². The number of hydrogen-bond donors (Lipinski definition) is 2. The van der Waals surface area contributed by atoms with Gasteiger partial charge >= 0.3 is 5.97 Å². The Morgan fingerprint density at radius 3 is 2.44 bits per heavy atom. The minimum Gasteiger partial charge on any atom is -0.481 e. The lowest BCUT2D eigenvalue weighted by Crippen LogP contribution is -2.35. The highest BCUT2D eigenvalue weighted by Crippen LogP contribution is 2.02. The normalized spacial score (nSPS) is 10.3. The monoisotopic (exact) mass is 261 g/mol. The number of carbonyl (C=O) groups excluding carboxylic acids is 1. The molecule has 106 valence electrons. The number of aliphatic carboxylic acids is 1. The Kier molecular flexibility index (Phi) is 10.3. The summed E-state index contributed by atoms with van der Waals surface area (Å²) in [7, 11) is 0. The number of carbonyl (C=O) groups is 2. The second-order valence-electron chi connectivity index (χ2n) is 3.96. The molecule has 2 N–H and O–H groups in total. The van der Waals surface area contributed by atoms with Crippen LogP contribution in [-0.4, -0.2) is 59.9 Å². The van der Waals surface area contributed by atoms with Gasteiger partial charge in [0.05, 0.1) is 26.2 Å². The van der Waals surface area contributed by atoms with E-state index in [2.05, 4.69) is 0 Å². The third-order valence-electron chi connectivity index (χ3n) is 2.43. The van der Waals surface area contributed by atoms with Crippen LogP contribution in [0.4, 0.5) is 0 Å². The Morgan fingerprint density at radius 1 is 1.17 bits per heavy atom. The van der Waals surface area contributed by atoms with Crippen LogP contribution in [-0.2, 0) is 14.3 Å². The van der Waals surface area contributed by atoms with Gasteiger partial charge in [0.2, 0.25) is 5.91 Å². The number of rotatable bonds is 11. The van der Waals surface area contributed by atoms with Crippen molar-refractivity contribution in [3.8, 4) is 0 Å². The Hall–Kier alpha value is -1.14. The molecular formula is C12H23NO5. The fourth-order valence-electron chi connectivity index (χ4n) is 1.42. The van der Waals surface area contributed by atoms with Gasteiger partial charge in [-0.1, -0.05) is 13.3 Å². The standard InChI is InChI=1S/C12H23NO5/c1-2-3-4-11(15)13(6-5-12(16)17)7-9-18-10-8-14/h14H,2-10H2,1H3,(H,16,17). The number of amides is 1. The van der Waals surface area contributed by atoms with Gasteiger partial charge in [-0.25, -0.2) is 0 Å². The molecule has 0 radical (unpaired) electrons. The molecule has 6 nitrogen and oxygen atoms in total. The van der Waals surface area contributed by atoms with E-state index in [0.717, 1.165) is 12.8 Å². The Bertz CT molecular complexity index is 245. The van der Waals surface area contributed by atoms with Gasteiger partial charge in [-0.15, -0.1) is 0 Å². The summed E-state index contributed by atoms with van der Waals surface area (Å²) < 4.78 is 5.08. The van der Waals surface area contributed by atoms with Crippen LogP contribution in [0.1, 0.15) is 32.6 Å². The minimum absolute atomic E-state index is 0.0364. The van der Waals surface area contributed by atoms with E-state index in [1.807, 2.05) is 6.92 Å². The number of hydrogen-bond acceptors (Lipinski definition) is 4. The molecule has 0 saturated heterocycles. The van der Waals surface area contributed by atoms with E-state index in [0.29, 0.717) is 19.6 Å². The van der Waals surface area contributed by atoms with Gasteiger partial charge in [0.15, 0.2) is 0 Å². The van der Waals surface area contributed by atoms with Crippen LogP contribution in [0.2, 0.25) is 0 Å². The molecule has 0 aromatic heterocycles. The Labute approximate surface area is 108 Å². The highest BCUT2D eigenvalue weighted by atomic mass is 16.5. The lowest BCUT2D eigenvalue weighted by atomic mass is 10.2. The van der Waals surface area contributed by atoms with Gasteiger partial charge in [0.1, 0.15) is 0 Å². The lowest BCUT2D eigenvalue weighted by molar-refractivity contribution is -0.138. The van der Waals surface area contributed by atoms with Crippen molar-refractivity contribution in [2.75, 3.05) is 32.9 Å². The average Bonchev–Trinajstić information content (AvgIpc) is 2.34. The summed E-state index contributed by atoms with van der Waals surface area (Å²) in [6.45, 7) is 3.07. The van der Waals surface area contributed by atoms with Crippen molar-refractivity contribution in [1.29, 1.82) is 0 Å². The second kappa shape index (κ2) is 11.0. The van der Waals surface area contributed by atoms with E-state index in [9.17, 15) is 9.59 Å². The average molecular weight is 261 g/mol. The number of nitrogens with zero attached hydrogens (tertiary/aromatic N) is 1. The van der Waals surface area contributed by atoms with E-state index in [4.69, 9.17) is 14.9 Å². The number of carboxylic acid groups (broad SMARTS) is 1. The first-order chi connectivity index (χ1) is 8.61. The number of carboxylic acids is 1. The van der Waals surface area contributed by atoms with E-state index >= 15 is 0 Å². The molecule has 18 heavy (non-hydrogen) atoms. The molecule has 0 atom stereocenters. The maximum atomic E-state index is 11.8. The summed E-state index contributed by atoms with van der Waals surface area (Å²) in [5, 5.41) is 17.2. The molecule has 0 aliphatic heterocycles. The SMILES string of the molecule is CCCCC(=O)N(CCOCCO)CCC(=O)O. The molecule has 0 spiro atoms. The first kappa shape index (κ1) is 16.9. The number of aliphatic hydroxyl groups is 1. The van der Waals surface area contributed by atoms with Crippen LogP contribution in [0.5, 0.6) is 0 Å². The first-order valence-electron chi connectivity index (χ1n) is 6.30. The van der Waals surface area contributed by atoms with E-state index in [-0.39, 0.29) is 32.1 Å². The van der Waals surface area contributed by atoms with Gasteiger partial charge in [-0.3, -0.25) is 9.59 Å². The largest absolute Gasteiger partial charge is 0.481 e. The number of aliphatic hydroxyl groups excluding tert-OH is 1. The fourth-order valence-corrected chi connectivity index (χ4v) is 1.42.